The first-order chi connectivity index (χ1) is 16.2. The summed E-state index contributed by atoms with van der Waals surface area (Å²) in [6.07, 6.45) is 1.55. The van der Waals surface area contributed by atoms with Gasteiger partial charge >= 0.3 is 12.1 Å². The topological polar surface area (TPSA) is 115 Å². The summed E-state index contributed by atoms with van der Waals surface area (Å²) in [5.74, 6) is -1.10. The molecule has 0 saturated carbocycles. The lowest BCUT2D eigenvalue weighted by Crippen LogP contribution is -2.36. The number of ether oxygens (including phenoxy) is 1. The number of fused-ring (bicyclic) bond motifs is 1. The molecule has 174 valence electrons. The summed E-state index contributed by atoms with van der Waals surface area (Å²) in [5.41, 5.74) is 2.33. The van der Waals surface area contributed by atoms with Crippen LogP contribution in [0.15, 0.2) is 71.4 Å². The Labute approximate surface area is 196 Å². The molecule has 0 saturated heterocycles. The molecule has 0 radical (unpaired) electrons. The Kier molecular flexibility index (Phi) is 6.32. The van der Waals surface area contributed by atoms with Crippen molar-refractivity contribution in [1.29, 1.82) is 0 Å². The SMILES string of the molecule is CC(C)(C)OC(=O)N[C@@H](Cc1ccccn1)c1ccccc1-c1noc2c(C(=O)O)cccc12. The van der Waals surface area contributed by atoms with Gasteiger partial charge in [-0.15, -0.1) is 0 Å². The van der Waals surface area contributed by atoms with Gasteiger partial charge in [0.15, 0.2) is 5.58 Å². The number of nitrogens with zero attached hydrogens (tertiary/aromatic N) is 2. The normalized spacial score (nSPS) is 12.3. The molecular weight excluding hydrogens is 434 g/mol. The monoisotopic (exact) mass is 459 g/mol. The highest BCUT2D eigenvalue weighted by Crippen LogP contribution is 2.35. The van der Waals surface area contributed by atoms with Gasteiger partial charge in [0, 0.05) is 23.9 Å². The molecule has 8 heteroatoms. The Balaban J connectivity index is 1.79. The maximum atomic E-state index is 12.7. The lowest BCUT2D eigenvalue weighted by molar-refractivity contribution is 0.0502. The maximum Gasteiger partial charge on any atom is 0.408 e. The minimum Gasteiger partial charge on any atom is -0.478 e. The summed E-state index contributed by atoms with van der Waals surface area (Å²) in [6.45, 7) is 5.40. The molecule has 1 atom stereocenters. The van der Waals surface area contributed by atoms with Gasteiger partial charge in [0.25, 0.3) is 0 Å². The number of carboxylic acids is 1. The fourth-order valence-corrected chi connectivity index (χ4v) is 3.76. The highest BCUT2D eigenvalue weighted by Gasteiger charge is 2.25. The zero-order valence-electron chi connectivity index (χ0n) is 19.1. The van der Waals surface area contributed by atoms with Crippen LogP contribution in [0.4, 0.5) is 4.79 Å². The number of benzene rings is 2. The number of aromatic nitrogens is 2. The predicted octanol–water partition coefficient (Wildman–Crippen LogP) is 5.40. The number of alkyl carbamates (subject to hydrolysis) is 1. The number of aromatic carboxylic acids is 1. The molecule has 4 aromatic rings. The van der Waals surface area contributed by atoms with Crippen molar-refractivity contribution >= 4 is 23.0 Å². The third-order valence-electron chi connectivity index (χ3n) is 5.15. The molecule has 0 spiro atoms. The van der Waals surface area contributed by atoms with Gasteiger partial charge in [-0.3, -0.25) is 4.98 Å². The van der Waals surface area contributed by atoms with Crippen molar-refractivity contribution in [2.45, 2.75) is 38.8 Å². The number of nitrogens with one attached hydrogen (secondary N) is 1. The molecule has 4 rings (SSSR count). The number of carboxylic acid groups (broad SMARTS) is 1. The Hall–Kier alpha value is -4.20. The molecule has 8 nitrogen and oxygen atoms in total. The Morgan fingerprint density at radius 1 is 1.06 bits per heavy atom. The van der Waals surface area contributed by atoms with Crippen molar-refractivity contribution in [2.24, 2.45) is 0 Å². The number of rotatable bonds is 6. The van der Waals surface area contributed by atoms with Crippen LogP contribution in [0.25, 0.3) is 22.2 Å². The lowest BCUT2D eigenvalue weighted by Gasteiger charge is -2.25. The summed E-state index contributed by atoms with van der Waals surface area (Å²) in [4.78, 5) is 28.7. The van der Waals surface area contributed by atoms with E-state index in [1.54, 1.807) is 39.1 Å². The van der Waals surface area contributed by atoms with Crippen LogP contribution >= 0.6 is 0 Å². The number of carbonyl (C=O) groups is 2. The first kappa shape index (κ1) is 23.0. The second kappa shape index (κ2) is 9.35. The van der Waals surface area contributed by atoms with Crippen LogP contribution in [0.3, 0.4) is 0 Å². The molecule has 0 aliphatic rings. The fraction of sp³-hybridized carbons (Fsp3) is 0.231. The van der Waals surface area contributed by atoms with E-state index < -0.39 is 23.7 Å². The quantitative estimate of drug-likeness (QED) is 0.397. The van der Waals surface area contributed by atoms with E-state index in [0.29, 0.717) is 23.1 Å². The van der Waals surface area contributed by atoms with Gasteiger partial charge in [-0.2, -0.15) is 0 Å². The van der Waals surface area contributed by atoms with Crippen LogP contribution < -0.4 is 5.32 Å². The molecule has 34 heavy (non-hydrogen) atoms. The van der Waals surface area contributed by atoms with Gasteiger partial charge in [-0.1, -0.05) is 41.6 Å². The van der Waals surface area contributed by atoms with Gasteiger partial charge in [0.1, 0.15) is 16.9 Å². The van der Waals surface area contributed by atoms with Crippen molar-refractivity contribution in [3.05, 3.63) is 83.7 Å². The molecule has 0 aliphatic heterocycles. The van der Waals surface area contributed by atoms with E-state index >= 15 is 0 Å². The third kappa shape index (κ3) is 5.06. The van der Waals surface area contributed by atoms with Crippen LogP contribution in [0.1, 0.15) is 48.4 Å². The van der Waals surface area contributed by atoms with Crippen LogP contribution in [0.5, 0.6) is 0 Å². The Bertz CT molecular complexity index is 1330. The highest BCUT2D eigenvalue weighted by atomic mass is 16.6. The van der Waals surface area contributed by atoms with Crippen LogP contribution in [-0.2, 0) is 11.2 Å². The molecule has 2 aromatic carbocycles. The minimum absolute atomic E-state index is 0.0330. The van der Waals surface area contributed by atoms with Crippen molar-refractivity contribution in [3.63, 3.8) is 0 Å². The summed E-state index contributed by atoms with van der Waals surface area (Å²) in [6, 6.07) is 17.5. The van der Waals surface area contributed by atoms with Gasteiger partial charge in [0.2, 0.25) is 0 Å². The van der Waals surface area contributed by atoms with Gasteiger partial charge in [0.05, 0.1) is 11.4 Å². The second-order valence-electron chi connectivity index (χ2n) is 8.83. The van der Waals surface area contributed by atoms with Crippen LogP contribution in [-0.4, -0.2) is 32.9 Å². The van der Waals surface area contributed by atoms with Gasteiger partial charge in [-0.05, 0) is 50.6 Å². The average Bonchev–Trinajstić information content (AvgIpc) is 3.22. The Morgan fingerprint density at radius 2 is 1.82 bits per heavy atom. The summed E-state index contributed by atoms with van der Waals surface area (Å²) < 4.78 is 10.9. The van der Waals surface area contributed by atoms with Crippen molar-refractivity contribution in [3.8, 4) is 11.3 Å². The average molecular weight is 460 g/mol. The summed E-state index contributed by atoms with van der Waals surface area (Å²) in [7, 11) is 0. The molecule has 0 bridgehead atoms. The first-order valence-corrected chi connectivity index (χ1v) is 10.8. The lowest BCUT2D eigenvalue weighted by atomic mass is 9.93. The van der Waals surface area contributed by atoms with E-state index in [1.807, 2.05) is 42.5 Å². The summed E-state index contributed by atoms with van der Waals surface area (Å²) in [5, 5.41) is 17.2. The first-order valence-electron chi connectivity index (χ1n) is 10.8. The van der Waals surface area contributed by atoms with E-state index in [-0.39, 0.29) is 11.1 Å². The van der Waals surface area contributed by atoms with E-state index in [1.165, 1.54) is 6.07 Å². The highest BCUT2D eigenvalue weighted by molar-refractivity contribution is 6.04. The molecule has 0 aliphatic carbocycles. The zero-order chi connectivity index (χ0) is 24.3. The number of para-hydroxylation sites is 1. The van der Waals surface area contributed by atoms with Crippen LogP contribution in [0.2, 0.25) is 0 Å². The fourth-order valence-electron chi connectivity index (χ4n) is 3.76. The van der Waals surface area contributed by atoms with Crippen molar-refractivity contribution < 1.29 is 24.0 Å². The molecule has 0 unspecified atom stereocenters. The smallest absolute Gasteiger partial charge is 0.408 e. The molecule has 1 amide bonds. The number of carbonyl (C=O) groups excluding carboxylic acids is 1. The summed E-state index contributed by atoms with van der Waals surface area (Å²) >= 11 is 0. The molecule has 2 N–H and O–H groups in total. The van der Waals surface area contributed by atoms with Gasteiger partial charge in [-0.25, -0.2) is 9.59 Å². The zero-order valence-corrected chi connectivity index (χ0v) is 19.1. The van der Waals surface area contributed by atoms with Crippen LogP contribution in [0, 0.1) is 0 Å². The molecular formula is C26H25N3O5. The largest absolute Gasteiger partial charge is 0.478 e. The van der Waals surface area contributed by atoms with E-state index in [2.05, 4.69) is 15.5 Å². The molecule has 0 fully saturated rings. The number of amides is 1. The standard InChI is InChI=1S/C26H25N3O5/c1-26(2,3)33-25(32)28-21(15-16-9-6-7-14-27-16)17-10-4-5-11-18(17)22-19-12-8-13-20(24(30)31)23(19)34-29-22/h4-14,21H,15H2,1-3H3,(H,28,32)(H,30,31)/t21-/m0/s1. The van der Waals surface area contributed by atoms with Gasteiger partial charge < -0.3 is 19.7 Å². The van der Waals surface area contributed by atoms with Crippen molar-refractivity contribution in [2.75, 3.05) is 0 Å². The third-order valence-corrected chi connectivity index (χ3v) is 5.15. The minimum atomic E-state index is -1.10. The maximum absolute atomic E-state index is 12.7. The number of hydrogen-bond acceptors (Lipinski definition) is 6. The predicted molar refractivity (Wildman–Crippen MR) is 126 cm³/mol. The van der Waals surface area contributed by atoms with E-state index in [4.69, 9.17) is 9.26 Å². The molecule has 2 aromatic heterocycles. The van der Waals surface area contributed by atoms with E-state index in [9.17, 15) is 14.7 Å². The number of hydrogen-bond donors (Lipinski definition) is 2. The van der Waals surface area contributed by atoms with E-state index in [0.717, 1.165) is 11.3 Å². The Morgan fingerprint density at radius 3 is 2.53 bits per heavy atom. The number of pyridine rings is 1. The van der Waals surface area contributed by atoms with Crippen molar-refractivity contribution in [1.82, 2.24) is 15.5 Å². The second-order valence-corrected chi connectivity index (χ2v) is 8.83. The molecule has 2 heterocycles.